The average Bonchev–Trinajstić information content (AvgIpc) is 3.22. The van der Waals surface area contributed by atoms with Gasteiger partial charge < -0.3 is 15.0 Å². The van der Waals surface area contributed by atoms with E-state index in [-0.39, 0.29) is 23.8 Å². The Hall–Kier alpha value is -1.88. The lowest BCUT2D eigenvalue weighted by Crippen LogP contribution is -2.37. The monoisotopic (exact) mass is 330 g/mol. The molecule has 2 aliphatic rings. The molecule has 2 atom stereocenters. The Kier molecular flexibility index (Phi) is 5.51. The first-order valence-corrected chi connectivity index (χ1v) is 8.84. The van der Waals surface area contributed by atoms with Gasteiger partial charge in [0.05, 0.1) is 12.0 Å². The minimum Gasteiger partial charge on any atom is -0.376 e. The molecule has 0 aromatic heterocycles. The molecule has 2 amide bonds. The molecule has 0 bridgehead atoms. The van der Waals surface area contributed by atoms with Gasteiger partial charge in [0.2, 0.25) is 11.8 Å². The van der Waals surface area contributed by atoms with Crippen LogP contribution in [-0.2, 0) is 20.7 Å². The molecular weight excluding hydrogens is 304 g/mol. The third-order valence-corrected chi connectivity index (χ3v) is 4.90. The second-order valence-corrected chi connectivity index (χ2v) is 6.86. The van der Waals surface area contributed by atoms with E-state index in [4.69, 9.17) is 4.74 Å². The van der Waals surface area contributed by atoms with Gasteiger partial charge in [0.25, 0.3) is 0 Å². The number of likely N-dealkylation sites (tertiary alicyclic amines) is 1. The molecule has 0 aliphatic carbocycles. The Labute approximate surface area is 143 Å². The van der Waals surface area contributed by atoms with Gasteiger partial charge in [-0.15, -0.1) is 0 Å². The van der Waals surface area contributed by atoms with Gasteiger partial charge >= 0.3 is 0 Å². The number of hydrogen-bond acceptors (Lipinski definition) is 3. The van der Waals surface area contributed by atoms with Gasteiger partial charge in [0.1, 0.15) is 0 Å². The van der Waals surface area contributed by atoms with Crippen LogP contribution in [0, 0.1) is 12.8 Å². The number of nitrogens with one attached hydrogen (secondary N) is 1. The number of aryl methyl sites for hydroxylation is 1. The molecule has 24 heavy (non-hydrogen) atoms. The maximum absolute atomic E-state index is 12.3. The molecule has 2 saturated heterocycles. The van der Waals surface area contributed by atoms with Crippen LogP contribution in [0.1, 0.15) is 30.4 Å². The number of carbonyl (C=O) groups excluding carboxylic acids is 2. The van der Waals surface area contributed by atoms with E-state index in [1.807, 2.05) is 4.90 Å². The number of hydrogen-bond donors (Lipinski definition) is 1. The van der Waals surface area contributed by atoms with Crippen LogP contribution in [0.25, 0.3) is 0 Å². The average molecular weight is 330 g/mol. The highest BCUT2D eigenvalue weighted by atomic mass is 16.5. The van der Waals surface area contributed by atoms with E-state index < -0.39 is 0 Å². The second-order valence-electron chi connectivity index (χ2n) is 6.86. The molecule has 0 radical (unpaired) electrons. The molecule has 2 fully saturated rings. The summed E-state index contributed by atoms with van der Waals surface area (Å²) in [6.45, 7) is 4.62. The van der Waals surface area contributed by atoms with Crippen LogP contribution in [0.4, 0.5) is 0 Å². The van der Waals surface area contributed by atoms with Gasteiger partial charge in [-0.3, -0.25) is 9.59 Å². The predicted molar refractivity (Wildman–Crippen MR) is 91.6 cm³/mol. The minimum absolute atomic E-state index is 0.0170. The Bertz CT molecular complexity index is 579. The quantitative estimate of drug-likeness (QED) is 0.863. The van der Waals surface area contributed by atoms with Gasteiger partial charge in [-0.2, -0.15) is 0 Å². The summed E-state index contributed by atoms with van der Waals surface area (Å²) >= 11 is 0. The number of nitrogens with zero attached hydrogens (tertiary/aromatic N) is 1. The summed E-state index contributed by atoms with van der Waals surface area (Å²) in [6, 6.07) is 8.37. The van der Waals surface area contributed by atoms with Crippen molar-refractivity contribution in [2.75, 3.05) is 26.2 Å². The number of amides is 2. The van der Waals surface area contributed by atoms with E-state index >= 15 is 0 Å². The maximum Gasteiger partial charge on any atom is 0.225 e. The van der Waals surface area contributed by atoms with Crippen LogP contribution in [0.3, 0.4) is 0 Å². The van der Waals surface area contributed by atoms with Crippen LogP contribution < -0.4 is 5.32 Å². The largest absolute Gasteiger partial charge is 0.376 e. The molecule has 3 rings (SSSR count). The predicted octanol–water partition coefficient (Wildman–Crippen LogP) is 1.68. The smallest absolute Gasteiger partial charge is 0.225 e. The summed E-state index contributed by atoms with van der Waals surface area (Å²) in [4.78, 5) is 26.2. The third-order valence-electron chi connectivity index (χ3n) is 4.90. The van der Waals surface area contributed by atoms with E-state index in [0.29, 0.717) is 26.1 Å². The third kappa shape index (κ3) is 4.35. The van der Waals surface area contributed by atoms with Crippen molar-refractivity contribution in [2.24, 2.45) is 5.92 Å². The van der Waals surface area contributed by atoms with Crippen molar-refractivity contribution in [3.8, 4) is 0 Å². The van der Waals surface area contributed by atoms with Crippen LogP contribution in [0.15, 0.2) is 24.3 Å². The molecule has 130 valence electrons. The van der Waals surface area contributed by atoms with Crippen LogP contribution >= 0.6 is 0 Å². The van der Waals surface area contributed by atoms with E-state index in [1.54, 1.807) is 0 Å². The molecule has 2 aliphatic heterocycles. The van der Waals surface area contributed by atoms with Crippen molar-refractivity contribution >= 4 is 11.8 Å². The van der Waals surface area contributed by atoms with Gasteiger partial charge in [0.15, 0.2) is 0 Å². The highest BCUT2D eigenvalue weighted by Crippen LogP contribution is 2.19. The van der Waals surface area contributed by atoms with Crippen LogP contribution in [0.5, 0.6) is 0 Å². The van der Waals surface area contributed by atoms with Crippen molar-refractivity contribution in [2.45, 2.75) is 38.7 Å². The minimum atomic E-state index is -0.225. The summed E-state index contributed by atoms with van der Waals surface area (Å²) in [6.07, 6.45) is 3.37. The fourth-order valence-corrected chi connectivity index (χ4v) is 3.35. The first kappa shape index (κ1) is 17.0. The first-order chi connectivity index (χ1) is 11.6. The molecule has 5 nitrogen and oxygen atoms in total. The van der Waals surface area contributed by atoms with Crippen molar-refractivity contribution in [1.82, 2.24) is 10.2 Å². The number of carbonyl (C=O) groups is 2. The Morgan fingerprint density at radius 2 is 2.12 bits per heavy atom. The van der Waals surface area contributed by atoms with E-state index in [2.05, 4.69) is 36.5 Å². The van der Waals surface area contributed by atoms with Crippen LogP contribution in [0.2, 0.25) is 0 Å². The summed E-state index contributed by atoms with van der Waals surface area (Å²) in [7, 11) is 0. The molecule has 0 spiro atoms. The number of benzene rings is 1. The van der Waals surface area contributed by atoms with Gasteiger partial charge in [-0.1, -0.05) is 29.8 Å². The van der Waals surface area contributed by atoms with Gasteiger partial charge in [-0.05, 0) is 31.7 Å². The molecule has 1 aromatic carbocycles. The fourth-order valence-electron chi connectivity index (χ4n) is 3.35. The zero-order valence-corrected chi connectivity index (χ0v) is 14.3. The summed E-state index contributed by atoms with van der Waals surface area (Å²) in [5.41, 5.74) is 2.46. The summed E-state index contributed by atoms with van der Waals surface area (Å²) in [5.74, 6) is -0.159. The molecule has 1 aromatic rings. The van der Waals surface area contributed by atoms with Crippen LogP contribution in [-0.4, -0.2) is 49.1 Å². The van der Waals surface area contributed by atoms with Gasteiger partial charge in [0, 0.05) is 32.7 Å². The second kappa shape index (κ2) is 7.79. The first-order valence-electron chi connectivity index (χ1n) is 8.84. The molecule has 1 N–H and O–H groups in total. The lowest BCUT2D eigenvalue weighted by molar-refractivity contribution is -0.129. The lowest BCUT2D eigenvalue weighted by Gasteiger charge is -2.17. The standard InChI is InChI=1S/C19H26N2O3/c1-14-4-6-15(7-5-14)8-9-21-13-16(11-18(21)22)19(23)20-12-17-3-2-10-24-17/h4-7,16-17H,2-3,8-13H2,1H3,(H,20,23)/t16-,17+/m1/s1. The summed E-state index contributed by atoms with van der Waals surface area (Å²) in [5, 5.41) is 2.94. The molecule has 0 saturated carbocycles. The molecule has 0 unspecified atom stereocenters. The zero-order chi connectivity index (χ0) is 16.9. The van der Waals surface area contributed by atoms with Crippen molar-refractivity contribution in [3.63, 3.8) is 0 Å². The Morgan fingerprint density at radius 1 is 1.33 bits per heavy atom. The summed E-state index contributed by atoms with van der Waals surface area (Å²) < 4.78 is 5.51. The van der Waals surface area contributed by atoms with Crippen molar-refractivity contribution in [1.29, 1.82) is 0 Å². The highest BCUT2D eigenvalue weighted by Gasteiger charge is 2.34. The normalized spacial score (nSPS) is 23.7. The van der Waals surface area contributed by atoms with E-state index in [0.717, 1.165) is 25.9 Å². The fraction of sp³-hybridized carbons (Fsp3) is 0.579. The Morgan fingerprint density at radius 3 is 2.83 bits per heavy atom. The van der Waals surface area contributed by atoms with E-state index in [1.165, 1.54) is 11.1 Å². The van der Waals surface area contributed by atoms with Crippen molar-refractivity contribution < 1.29 is 14.3 Å². The van der Waals surface area contributed by atoms with Gasteiger partial charge in [-0.25, -0.2) is 0 Å². The highest BCUT2D eigenvalue weighted by molar-refractivity contribution is 5.89. The molecule has 2 heterocycles. The maximum atomic E-state index is 12.3. The SMILES string of the molecule is Cc1ccc(CCN2C[C@H](C(=O)NC[C@@H]3CCCO3)CC2=O)cc1. The Balaban J connectivity index is 1.44. The topological polar surface area (TPSA) is 58.6 Å². The van der Waals surface area contributed by atoms with E-state index in [9.17, 15) is 9.59 Å². The zero-order valence-electron chi connectivity index (χ0n) is 14.3. The number of rotatable bonds is 6. The molecular formula is C19H26N2O3. The lowest BCUT2D eigenvalue weighted by atomic mass is 10.1. The molecule has 5 heteroatoms. The number of ether oxygens (including phenoxy) is 1. The van der Waals surface area contributed by atoms with Crippen molar-refractivity contribution in [3.05, 3.63) is 35.4 Å².